The lowest BCUT2D eigenvalue weighted by Crippen LogP contribution is -2.62. The molecule has 0 spiro atoms. The van der Waals surface area contributed by atoms with Crippen LogP contribution in [-0.2, 0) is 21.2 Å². The topological polar surface area (TPSA) is 66.5 Å². The van der Waals surface area contributed by atoms with E-state index < -0.39 is 40.0 Å². The van der Waals surface area contributed by atoms with E-state index in [9.17, 15) is 17.6 Å². The van der Waals surface area contributed by atoms with Gasteiger partial charge in [-0.3, -0.25) is 4.79 Å². The van der Waals surface area contributed by atoms with Crippen LogP contribution in [0.15, 0.2) is 48.5 Å². The van der Waals surface area contributed by atoms with Crippen molar-refractivity contribution >= 4 is 15.9 Å². The number of halogens is 3. The molecule has 1 saturated heterocycles. The first-order chi connectivity index (χ1) is 15.5. The summed E-state index contributed by atoms with van der Waals surface area (Å²) in [6.45, 7) is -0.806. The monoisotopic (exact) mass is 478 g/mol. The second-order valence-corrected chi connectivity index (χ2v) is 11.6. The lowest BCUT2D eigenvalue weighted by Gasteiger charge is -2.61. The fourth-order valence-electron chi connectivity index (χ4n) is 5.58. The number of benzene rings is 2. The summed E-state index contributed by atoms with van der Waals surface area (Å²) >= 11 is 0. The molecule has 3 aliphatic carbocycles. The number of nitrogens with one attached hydrogen (secondary N) is 1. The van der Waals surface area contributed by atoms with E-state index in [4.69, 9.17) is 0 Å². The van der Waals surface area contributed by atoms with Gasteiger partial charge in [-0.25, -0.2) is 26.3 Å². The molecule has 4 fully saturated rings. The van der Waals surface area contributed by atoms with Crippen molar-refractivity contribution < 1.29 is 26.4 Å². The molecule has 1 amide bonds. The van der Waals surface area contributed by atoms with Crippen molar-refractivity contribution in [1.29, 1.82) is 0 Å². The third-order valence-electron chi connectivity index (χ3n) is 7.24. The van der Waals surface area contributed by atoms with Crippen molar-refractivity contribution in [2.24, 2.45) is 11.3 Å². The number of rotatable bonds is 6. The van der Waals surface area contributed by atoms with Crippen molar-refractivity contribution in [1.82, 2.24) is 9.62 Å². The molecule has 4 aliphatic rings. The van der Waals surface area contributed by atoms with Crippen LogP contribution < -0.4 is 4.72 Å². The van der Waals surface area contributed by atoms with Crippen LogP contribution in [0.4, 0.5) is 13.2 Å². The summed E-state index contributed by atoms with van der Waals surface area (Å²) < 4.78 is 69.7. The SMILES string of the molecule is CS(=O)(=O)N[C@@H]1[C@H](Cc2cccc(-c3cccc(F)c3)c2)N(C(=O)C23CC(C2)C3)CC1(F)F. The average Bonchev–Trinajstić information content (AvgIpc) is 2.89. The zero-order valence-corrected chi connectivity index (χ0v) is 18.9. The van der Waals surface area contributed by atoms with Gasteiger partial charge in [-0.15, -0.1) is 0 Å². The van der Waals surface area contributed by atoms with Gasteiger partial charge in [0.2, 0.25) is 15.9 Å². The van der Waals surface area contributed by atoms with E-state index in [-0.39, 0.29) is 18.1 Å². The molecule has 2 aromatic carbocycles. The van der Waals surface area contributed by atoms with E-state index in [1.54, 1.807) is 36.4 Å². The Kier molecular flexibility index (Phi) is 5.13. The molecule has 1 aliphatic heterocycles. The highest BCUT2D eigenvalue weighted by Gasteiger charge is 2.66. The lowest BCUT2D eigenvalue weighted by molar-refractivity contribution is -0.178. The minimum Gasteiger partial charge on any atom is -0.331 e. The van der Waals surface area contributed by atoms with Gasteiger partial charge in [0.15, 0.2) is 0 Å². The molecular formula is C24H25F3N2O3S. The van der Waals surface area contributed by atoms with Crippen LogP contribution >= 0.6 is 0 Å². The Morgan fingerprint density at radius 1 is 1.09 bits per heavy atom. The molecule has 0 aromatic heterocycles. The maximum Gasteiger partial charge on any atom is 0.283 e. The van der Waals surface area contributed by atoms with Crippen LogP contribution in [0.25, 0.3) is 11.1 Å². The number of hydrogen-bond acceptors (Lipinski definition) is 3. The Hall–Kier alpha value is -2.39. The standard InChI is InChI=1S/C24H25F3N2O3S/c1-33(31,32)28-21-20(29(14-24(21,26)27)22(30)23-11-16(12-23)13-23)9-15-4-2-5-17(8-15)18-6-3-7-19(25)10-18/h2-8,10,16,20-21,28H,9,11-14H2,1H3/t16?,20-,21+,23?/m0/s1. The van der Waals surface area contributed by atoms with Crippen LogP contribution in [0.2, 0.25) is 0 Å². The molecule has 6 rings (SSSR count). The molecule has 3 saturated carbocycles. The number of sulfonamides is 1. The van der Waals surface area contributed by atoms with Crippen LogP contribution in [0.5, 0.6) is 0 Å². The molecule has 5 nitrogen and oxygen atoms in total. The molecule has 0 unspecified atom stereocenters. The van der Waals surface area contributed by atoms with Crippen molar-refractivity contribution in [2.75, 3.05) is 12.8 Å². The predicted molar refractivity (Wildman–Crippen MR) is 118 cm³/mol. The van der Waals surface area contributed by atoms with E-state index in [1.165, 1.54) is 17.0 Å². The summed E-state index contributed by atoms with van der Waals surface area (Å²) in [5.74, 6) is -3.58. The van der Waals surface area contributed by atoms with E-state index >= 15 is 8.78 Å². The molecule has 1 N–H and O–H groups in total. The first kappa shape index (κ1) is 22.4. The van der Waals surface area contributed by atoms with Gasteiger partial charge in [0.05, 0.1) is 24.3 Å². The smallest absolute Gasteiger partial charge is 0.283 e. The quantitative estimate of drug-likeness (QED) is 0.690. The normalized spacial score (nSPS) is 29.9. The molecule has 2 atom stereocenters. The van der Waals surface area contributed by atoms with Gasteiger partial charge in [0, 0.05) is 0 Å². The first-order valence-corrected chi connectivity index (χ1v) is 12.9. The highest BCUT2D eigenvalue weighted by molar-refractivity contribution is 7.88. The minimum atomic E-state index is -3.94. The maximum absolute atomic E-state index is 15.1. The van der Waals surface area contributed by atoms with Crippen LogP contribution in [0, 0.1) is 17.2 Å². The van der Waals surface area contributed by atoms with Gasteiger partial charge >= 0.3 is 0 Å². The number of carbonyl (C=O) groups is 1. The third-order valence-corrected chi connectivity index (χ3v) is 7.93. The molecular weight excluding hydrogens is 453 g/mol. The zero-order chi connectivity index (χ0) is 23.6. The molecule has 2 aromatic rings. The number of hydrogen-bond donors (Lipinski definition) is 1. The van der Waals surface area contributed by atoms with Gasteiger partial charge in [-0.1, -0.05) is 36.4 Å². The van der Waals surface area contributed by atoms with Gasteiger partial charge in [-0.05, 0) is 60.4 Å². The zero-order valence-electron chi connectivity index (χ0n) is 18.1. The minimum absolute atomic E-state index is 0.0528. The van der Waals surface area contributed by atoms with Crippen LogP contribution in [-0.4, -0.2) is 50.0 Å². The molecule has 1 heterocycles. The maximum atomic E-state index is 15.1. The first-order valence-electron chi connectivity index (χ1n) is 11.0. The number of amides is 1. The van der Waals surface area contributed by atoms with Crippen LogP contribution in [0.3, 0.4) is 0 Å². The van der Waals surface area contributed by atoms with Gasteiger partial charge in [-0.2, -0.15) is 0 Å². The van der Waals surface area contributed by atoms with Crippen molar-refractivity contribution in [3.63, 3.8) is 0 Å². The highest BCUT2D eigenvalue weighted by Crippen LogP contribution is 2.65. The number of alkyl halides is 2. The van der Waals surface area contributed by atoms with Crippen LogP contribution in [0.1, 0.15) is 24.8 Å². The molecule has 2 bridgehead atoms. The number of nitrogens with zero attached hydrogens (tertiary/aromatic N) is 1. The van der Waals surface area contributed by atoms with E-state index in [0.717, 1.165) is 25.5 Å². The summed E-state index contributed by atoms with van der Waals surface area (Å²) in [5.41, 5.74) is 1.46. The Balaban J connectivity index is 1.48. The largest absolute Gasteiger partial charge is 0.331 e. The second kappa shape index (κ2) is 7.56. The fourth-order valence-corrected chi connectivity index (χ4v) is 6.37. The van der Waals surface area contributed by atoms with Gasteiger partial charge in [0.1, 0.15) is 11.9 Å². The molecule has 9 heteroatoms. The van der Waals surface area contributed by atoms with E-state index in [1.807, 2.05) is 0 Å². The van der Waals surface area contributed by atoms with E-state index in [0.29, 0.717) is 22.6 Å². The summed E-state index contributed by atoms with van der Waals surface area (Å²) in [5, 5.41) is 0. The highest BCUT2D eigenvalue weighted by atomic mass is 32.2. The summed E-state index contributed by atoms with van der Waals surface area (Å²) in [6.07, 6.45) is 3.06. The molecule has 176 valence electrons. The molecule has 33 heavy (non-hydrogen) atoms. The number of carbonyl (C=O) groups excluding carboxylic acids is 1. The summed E-state index contributed by atoms with van der Waals surface area (Å²) in [6, 6.07) is 10.4. The Morgan fingerprint density at radius 3 is 2.30 bits per heavy atom. The lowest BCUT2D eigenvalue weighted by atomic mass is 9.44. The Bertz CT molecular complexity index is 1200. The Morgan fingerprint density at radius 2 is 1.73 bits per heavy atom. The second-order valence-electron chi connectivity index (χ2n) is 9.80. The third kappa shape index (κ3) is 4.05. The Labute approximate surface area is 191 Å². The number of likely N-dealkylation sites (tertiary alicyclic amines) is 1. The average molecular weight is 479 g/mol. The predicted octanol–water partition coefficient (Wildman–Crippen LogP) is 3.60. The van der Waals surface area contributed by atoms with E-state index in [2.05, 4.69) is 4.72 Å². The van der Waals surface area contributed by atoms with Gasteiger partial charge < -0.3 is 4.90 Å². The fraction of sp³-hybridized carbons (Fsp3) is 0.458. The summed E-state index contributed by atoms with van der Waals surface area (Å²) in [7, 11) is -3.94. The van der Waals surface area contributed by atoms with Crippen molar-refractivity contribution in [2.45, 2.75) is 43.7 Å². The summed E-state index contributed by atoms with van der Waals surface area (Å²) in [4.78, 5) is 14.5. The van der Waals surface area contributed by atoms with Gasteiger partial charge in [0.25, 0.3) is 5.92 Å². The van der Waals surface area contributed by atoms with Crippen molar-refractivity contribution in [3.05, 3.63) is 59.9 Å². The molecule has 0 radical (unpaired) electrons. The van der Waals surface area contributed by atoms with Crippen molar-refractivity contribution in [3.8, 4) is 11.1 Å².